The molecule has 0 saturated heterocycles. The van der Waals surface area contributed by atoms with E-state index in [1.54, 1.807) is 13.2 Å². The lowest BCUT2D eigenvalue weighted by molar-refractivity contribution is -0.121. The number of carbonyl (C=O) groups is 1. The Hall–Kier alpha value is -0.830. The molecule has 0 radical (unpaired) electrons. The summed E-state index contributed by atoms with van der Waals surface area (Å²) in [6, 6.07) is 0. The van der Waals surface area contributed by atoms with Gasteiger partial charge in [0.1, 0.15) is 0 Å². The fourth-order valence-electron chi connectivity index (χ4n) is 0.966. The molecule has 0 fully saturated rings. The average Bonchev–Trinajstić information content (AvgIpc) is 2.14. The monoisotopic (exact) mass is 213 g/mol. The van der Waals surface area contributed by atoms with Gasteiger partial charge in [0, 0.05) is 30.8 Å². The van der Waals surface area contributed by atoms with Gasteiger partial charge in [-0.15, -0.1) is 0 Å². The highest BCUT2D eigenvalue weighted by Crippen LogP contribution is 2.16. The first-order valence-electron chi connectivity index (χ1n) is 5.39. The third-order valence-electron chi connectivity index (χ3n) is 2.08. The topological polar surface area (TPSA) is 38.3 Å². The number of allylic oxidation sites excluding steroid dienone is 2. The van der Waals surface area contributed by atoms with Gasteiger partial charge in [0.2, 0.25) is 0 Å². The Morgan fingerprint density at radius 3 is 2.40 bits per heavy atom. The summed E-state index contributed by atoms with van der Waals surface area (Å²) >= 11 is 0. The van der Waals surface area contributed by atoms with Crippen LogP contribution in [0.25, 0.3) is 0 Å². The SMILES string of the molecule is CCC(=CC(=O)C(C)(C)C)NCCOC. The van der Waals surface area contributed by atoms with Crippen LogP contribution in [0.1, 0.15) is 34.1 Å². The van der Waals surface area contributed by atoms with Crippen molar-refractivity contribution in [2.24, 2.45) is 5.41 Å². The minimum absolute atomic E-state index is 0.157. The molecule has 0 unspecified atom stereocenters. The van der Waals surface area contributed by atoms with Crippen molar-refractivity contribution in [2.45, 2.75) is 34.1 Å². The molecule has 0 aromatic carbocycles. The lowest BCUT2D eigenvalue weighted by Crippen LogP contribution is -2.23. The molecule has 0 rings (SSSR count). The van der Waals surface area contributed by atoms with Crippen molar-refractivity contribution >= 4 is 5.78 Å². The van der Waals surface area contributed by atoms with E-state index in [9.17, 15) is 4.79 Å². The first kappa shape index (κ1) is 14.2. The highest BCUT2D eigenvalue weighted by molar-refractivity contribution is 5.94. The number of ketones is 1. The fourth-order valence-corrected chi connectivity index (χ4v) is 0.966. The molecule has 0 bridgehead atoms. The first-order valence-corrected chi connectivity index (χ1v) is 5.39. The highest BCUT2D eigenvalue weighted by Gasteiger charge is 2.19. The molecule has 0 aromatic rings. The third-order valence-corrected chi connectivity index (χ3v) is 2.08. The lowest BCUT2D eigenvalue weighted by atomic mass is 9.90. The molecule has 3 heteroatoms. The van der Waals surface area contributed by atoms with Crippen LogP contribution in [0.15, 0.2) is 11.8 Å². The number of hydrogen-bond acceptors (Lipinski definition) is 3. The first-order chi connectivity index (χ1) is 6.91. The summed E-state index contributed by atoms with van der Waals surface area (Å²) in [6.07, 6.45) is 2.54. The van der Waals surface area contributed by atoms with E-state index < -0.39 is 0 Å². The number of ether oxygens (including phenoxy) is 1. The molecule has 3 nitrogen and oxygen atoms in total. The van der Waals surface area contributed by atoms with Crippen molar-refractivity contribution < 1.29 is 9.53 Å². The Labute approximate surface area is 92.9 Å². The van der Waals surface area contributed by atoms with E-state index in [1.165, 1.54) is 0 Å². The minimum atomic E-state index is -0.302. The van der Waals surface area contributed by atoms with Crippen LogP contribution in [-0.2, 0) is 9.53 Å². The summed E-state index contributed by atoms with van der Waals surface area (Å²) in [5.74, 6) is 0.157. The summed E-state index contributed by atoms with van der Waals surface area (Å²) in [5, 5.41) is 3.19. The molecule has 15 heavy (non-hydrogen) atoms. The van der Waals surface area contributed by atoms with Gasteiger partial charge < -0.3 is 10.1 Å². The molecule has 88 valence electrons. The predicted octanol–water partition coefficient (Wildman–Crippen LogP) is 2.13. The molecule has 0 atom stereocenters. The summed E-state index contributed by atoms with van der Waals surface area (Å²) in [6.45, 7) is 9.20. The van der Waals surface area contributed by atoms with E-state index in [0.29, 0.717) is 6.61 Å². The lowest BCUT2D eigenvalue weighted by Gasteiger charge is -2.15. The smallest absolute Gasteiger partial charge is 0.162 e. The molecule has 0 heterocycles. The van der Waals surface area contributed by atoms with E-state index in [1.807, 2.05) is 27.7 Å². The maximum absolute atomic E-state index is 11.7. The van der Waals surface area contributed by atoms with E-state index in [-0.39, 0.29) is 11.2 Å². The van der Waals surface area contributed by atoms with Crippen LogP contribution in [0.2, 0.25) is 0 Å². The van der Waals surface area contributed by atoms with E-state index >= 15 is 0 Å². The average molecular weight is 213 g/mol. The molecule has 0 aliphatic carbocycles. The molecule has 1 N–H and O–H groups in total. The van der Waals surface area contributed by atoms with Gasteiger partial charge >= 0.3 is 0 Å². The second kappa shape index (κ2) is 6.62. The van der Waals surface area contributed by atoms with Gasteiger partial charge in [-0.25, -0.2) is 0 Å². The second-order valence-electron chi connectivity index (χ2n) is 4.56. The Balaban J connectivity index is 4.27. The summed E-state index contributed by atoms with van der Waals surface area (Å²) in [4.78, 5) is 11.7. The summed E-state index contributed by atoms with van der Waals surface area (Å²) in [5.41, 5.74) is 0.676. The third kappa shape index (κ3) is 6.28. The molecule has 0 aromatic heterocycles. The summed E-state index contributed by atoms with van der Waals surface area (Å²) < 4.78 is 4.93. The quantitative estimate of drug-likeness (QED) is 0.542. The van der Waals surface area contributed by atoms with Crippen molar-refractivity contribution in [1.82, 2.24) is 5.32 Å². The van der Waals surface area contributed by atoms with Crippen molar-refractivity contribution in [3.05, 3.63) is 11.8 Å². The molecule has 0 aliphatic heterocycles. The molecule has 0 aliphatic rings. The van der Waals surface area contributed by atoms with Crippen LogP contribution < -0.4 is 5.32 Å². The maximum Gasteiger partial charge on any atom is 0.162 e. The number of rotatable bonds is 6. The van der Waals surface area contributed by atoms with Crippen LogP contribution in [-0.4, -0.2) is 26.0 Å². The van der Waals surface area contributed by atoms with Gasteiger partial charge in [-0.3, -0.25) is 4.79 Å². The normalized spacial score (nSPS) is 12.7. The standard InChI is InChI=1S/C12H23NO2/c1-6-10(13-7-8-15-5)9-11(14)12(2,3)4/h9,13H,6-8H2,1-5H3. The van der Waals surface area contributed by atoms with Gasteiger partial charge in [-0.2, -0.15) is 0 Å². The maximum atomic E-state index is 11.7. The van der Waals surface area contributed by atoms with Crippen LogP contribution in [0.3, 0.4) is 0 Å². The van der Waals surface area contributed by atoms with Gasteiger partial charge in [0.15, 0.2) is 5.78 Å². The van der Waals surface area contributed by atoms with Crippen molar-refractivity contribution in [3.63, 3.8) is 0 Å². The van der Waals surface area contributed by atoms with Crippen molar-refractivity contribution in [2.75, 3.05) is 20.3 Å². The van der Waals surface area contributed by atoms with Gasteiger partial charge in [-0.1, -0.05) is 27.7 Å². The number of methoxy groups -OCH3 is 1. The number of nitrogens with one attached hydrogen (secondary N) is 1. The molecule has 0 spiro atoms. The predicted molar refractivity (Wildman–Crippen MR) is 62.7 cm³/mol. The molecule has 0 amide bonds. The Bertz CT molecular complexity index is 226. The summed E-state index contributed by atoms with van der Waals surface area (Å²) in [7, 11) is 1.66. The number of hydrogen-bond donors (Lipinski definition) is 1. The van der Waals surface area contributed by atoms with Gasteiger partial charge in [-0.05, 0) is 6.42 Å². The van der Waals surface area contributed by atoms with Crippen molar-refractivity contribution in [3.8, 4) is 0 Å². The van der Waals surface area contributed by atoms with Crippen LogP contribution in [0.4, 0.5) is 0 Å². The zero-order valence-corrected chi connectivity index (χ0v) is 10.5. The Morgan fingerprint density at radius 2 is 2.00 bits per heavy atom. The number of carbonyl (C=O) groups excluding carboxylic acids is 1. The van der Waals surface area contributed by atoms with E-state index in [0.717, 1.165) is 18.7 Å². The largest absolute Gasteiger partial charge is 0.386 e. The zero-order chi connectivity index (χ0) is 11.9. The Morgan fingerprint density at radius 1 is 1.40 bits per heavy atom. The van der Waals surface area contributed by atoms with E-state index in [2.05, 4.69) is 5.32 Å². The van der Waals surface area contributed by atoms with Crippen LogP contribution >= 0.6 is 0 Å². The van der Waals surface area contributed by atoms with Crippen molar-refractivity contribution in [1.29, 1.82) is 0 Å². The molecular formula is C12H23NO2. The second-order valence-corrected chi connectivity index (χ2v) is 4.56. The van der Waals surface area contributed by atoms with Crippen LogP contribution in [0, 0.1) is 5.41 Å². The molecular weight excluding hydrogens is 190 g/mol. The van der Waals surface area contributed by atoms with Gasteiger partial charge in [0.25, 0.3) is 0 Å². The molecule has 0 saturated carbocycles. The fraction of sp³-hybridized carbons (Fsp3) is 0.750. The van der Waals surface area contributed by atoms with Gasteiger partial charge in [0.05, 0.1) is 6.61 Å². The van der Waals surface area contributed by atoms with E-state index in [4.69, 9.17) is 4.74 Å². The highest BCUT2D eigenvalue weighted by atomic mass is 16.5. The zero-order valence-electron chi connectivity index (χ0n) is 10.5. The minimum Gasteiger partial charge on any atom is -0.386 e. The van der Waals surface area contributed by atoms with Crippen LogP contribution in [0.5, 0.6) is 0 Å². The Kier molecular flexibility index (Phi) is 6.25.